The van der Waals surface area contributed by atoms with Crippen molar-refractivity contribution in [2.24, 2.45) is 0 Å². The first-order valence-corrected chi connectivity index (χ1v) is 9.27. The summed E-state index contributed by atoms with van der Waals surface area (Å²) < 4.78 is 0. The third kappa shape index (κ3) is 4.50. The Morgan fingerprint density at radius 3 is 2.04 bits per heavy atom. The van der Waals surface area contributed by atoms with Crippen LogP contribution in [0.3, 0.4) is 0 Å². The lowest BCUT2D eigenvalue weighted by Gasteiger charge is -2.22. The molecule has 0 aliphatic rings. The average molecular weight is 355 g/mol. The average Bonchev–Trinajstić information content (AvgIpc) is 2.66. The van der Waals surface area contributed by atoms with Crippen LogP contribution in [-0.2, 0) is 0 Å². The third-order valence-corrected chi connectivity index (χ3v) is 4.53. The first kappa shape index (κ1) is 19.7. The summed E-state index contributed by atoms with van der Waals surface area (Å²) in [4.78, 5) is 25.4. The minimum Gasteiger partial charge on any atom is -0.372 e. The summed E-state index contributed by atoms with van der Waals surface area (Å²) in [7, 11) is 0. The van der Waals surface area contributed by atoms with Gasteiger partial charge in [0.2, 0.25) is 5.95 Å². The monoisotopic (exact) mass is 355 g/mol. The lowest BCUT2D eigenvalue weighted by Crippen LogP contribution is -2.24. The van der Waals surface area contributed by atoms with E-state index in [1.807, 2.05) is 24.0 Å². The molecule has 0 unspecified atom stereocenters. The molecular formula is C20H29N5O. The summed E-state index contributed by atoms with van der Waals surface area (Å²) in [6.45, 7) is 14.0. The van der Waals surface area contributed by atoms with E-state index in [1.54, 1.807) is 12.4 Å². The molecule has 0 saturated carbocycles. The summed E-state index contributed by atoms with van der Waals surface area (Å²) in [6, 6.07) is 6.09. The molecule has 1 heterocycles. The van der Waals surface area contributed by atoms with Crippen molar-refractivity contribution in [2.75, 3.05) is 41.3 Å². The van der Waals surface area contributed by atoms with E-state index in [0.717, 1.165) is 43.1 Å². The zero-order valence-corrected chi connectivity index (χ0v) is 16.4. The van der Waals surface area contributed by atoms with Gasteiger partial charge in [-0.05, 0) is 58.4 Å². The summed E-state index contributed by atoms with van der Waals surface area (Å²) in [5.74, 6) is 0.445. The van der Waals surface area contributed by atoms with Crippen molar-refractivity contribution in [1.82, 2.24) is 9.97 Å². The Labute approximate surface area is 156 Å². The normalized spacial score (nSPS) is 10.5. The number of aryl methyl sites for hydroxylation is 1. The number of benzene rings is 1. The van der Waals surface area contributed by atoms with Gasteiger partial charge in [-0.25, -0.2) is 9.97 Å². The molecule has 0 bridgehead atoms. The Kier molecular flexibility index (Phi) is 6.95. The number of hydrogen-bond acceptors (Lipinski definition) is 5. The van der Waals surface area contributed by atoms with Crippen molar-refractivity contribution in [1.29, 1.82) is 0 Å². The van der Waals surface area contributed by atoms with Gasteiger partial charge in [-0.3, -0.25) is 4.79 Å². The quantitative estimate of drug-likeness (QED) is 0.782. The topological polar surface area (TPSA) is 61.4 Å². The molecule has 1 amide bonds. The second-order valence-corrected chi connectivity index (χ2v) is 6.07. The Morgan fingerprint density at radius 2 is 1.54 bits per heavy atom. The molecule has 0 aliphatic carbocycles. The largest absolute Gasteiger partial charge is 0.372 e. The van der Waals surface area contributed by atoms with Crippen molar-refractivity contribution in [3.8, 4) is 0 Å². The number of rotatable bonds is 8. The Balaban J connectivity index is 2.12. The second-order valence-electron chi connectivity index (χ2n) is 6.07. The molecule has 0 atom stereocenters. The van der Waals surface area contributed by atoms with Crippen LogP contribution in [0, 0.1) is 6.92 Å². The van der Waals surface area contributed by atoms with E-state index in [2.05, 4.69) is 53.9 Å². The van der Waals surface area contributed by atoms with Gasteiger partial charge in [-0.1, -0.05) is 0 Å². The lowest BCUT2D eigenvalue weighted by atomic mass is 10.1. The molecule has 0 saturated heterocycles. The molecule has 6 heteroatoms. The van der Waals surface area contributed by atoms with Gasteiger partial charge in [0.1, 0.15) is 0 Å². The van der Waals surface area contributed by atoms with Gasteiger partial charge in [0.25, 0.3) is 5.91 Å². The highest BCUT2D eigenvalue weighted by molar-refractivity contribution is 6.04. The number of carbonyl (C=O) groups is 1. The van der Waals surface area contributed by atoms with Gasteiger partial charge < -0.3 is 15.1 Å². The maximum atomic E-state index is 12.5. The molecule has 6 nitrogen and oxygen atoms in total. The van der Waals surface area contributed by atoms with Gasteiger partial charge in [0, 0.05) is 49.9 Å². The number of hydrogen-bond donors (Lipinski definition) is 1. The van der Waals surface area contributed by atoms with Crippen LogP contribution in [0.2, 0.25) is 0 Å². The molecule has 1 aromatic carbocycles. The van der Waals surface area contributed by atoms with Crippen LogP contribution in [0.4, 0.5) is 17.3 Å². The van der Waals surface area contributed by atoms with Gasteiger partial charge in [0.15, 0.2) is 0 Å². The molecule has 26 heavy (non-hydrogen) atoms. The molecule has 0 fully saturated rings. The number of nitrogens with zero attached hydrogens (tertiary/aromatic N) is 4. The molecule has 2 rings (SSSR count). The summed E-state index contributed by atoms with van der Waals surface area (Å²) in [5.41, 5.74) is 3.45. The van der Waals surface area contributed by atoms with Crippen LogP contribution in [0.1, 0.15) is 43.6 Å². The highest BCUT2D eigenvalue weighted by Gasteiger charge is 2.12. The molecule has 2 aromatic rings. The van der Waals surface area contributed by atoms with E-state index in [-0.39, 0.29) is 5.91 Å². The maximum Gasteiger partial charge on any atom is 0.258 e. The van der Waals surface area contributed by atoms with Crippen molar-refractivity contribution in [2.45, 2.75) is 34.6 Å². The molecule has 0 radical (unpaired) electrons. The number of carbonyl (C=O) groups excluding carboxylic acids is 1. The van der Waals surface area contributed by atoms with E-state index in [1.165, 1.54) is 0 Å². The van der Waals surface area contributed by atoms with E-state index < -0.39 is 0 Å². The van der Waals surface area contributed by atoms with Gasteiger partial charge >= 0.3 is 0 Å². The van der Waals surface area contributed by atoms with E-state index in [9.17, 15) is 4.79 Å². The van der Waals surface area contributed by atoms with Crippen LogP contribution in [-0.4, -0.2) is 42.1 Å². The molecule has 140 valence electrons. The van der Waals surface area contributed by atoms with Gasteiger partial charge in [0.05, 0.1) is 5.56 Å². The highest BCUT2D eigenvalue weighted by Crippen LogP contribution is 2.23. The zero-order chi connectivity index (χ0) is 19.1. The standard InChI is InChI=1S/C20H29N5O/c1-6-24(7-2)17-10-11-18(15(5)12-17)23-19(26)16-13-21-20(22-14-16)25(8-3)9-4/h10-14H,6-9H2,1-5H3,(H,23,26). The Hall–Kier alpha value is -2.63. The van der Waals surface area contributed by atoms with Crippen molar-refractivity contribution in [3.05, 3.63) is 41.7 Å². The van der Waals surface area contributed by atoms with E-state index in [0.29, 0.717) is 11.5 Å². The number of aromatic nitrogens is 2. The second kappa shape index (κ2) is 9.17. The number of amides is 1. The van der Waals surface area contributed by atoms with Crippen molar-refractivity contribution >= 4 is 23.2 Å². The minimum atomic E-state index is -0.199. The van der Waals surface area contributed by atoms with Crippen LogP contribution >= 0.6 is 0 Å². The predicted molar refractivity (Wildman–Crippen MR) is 108 cm³/mol. The van der Waals surface area contributed by atoms with Crippen molar-refractivity contribution in [3.63, 3.8) is 0 Å². The third-order valence-electron chi connectivity index (χ3n) is 4.53. The predicted octanol–water partition coefficient (Wildman–Crippen LogP) is 3.73. The fourth-order valence-electron chi connectivity index (χ4n) is 2.88. The maximum absolute atomic E-state index is 12.5. The molecular weight excluding hydrogens is 326 g/mol. The van der Waals surface area contributed by atoms with Gasteiger partial charge in [-0.15, -0.1) is 0 Å². The Bertz CT molecular complexity index is 721. The summed E-state index contributed by atoms with van der Waals surface area (Å²) >= 11 is 0. The fourth-order valence-corrected chi connectivity index (χ4v) is 2.88. The summed E-state index contributed by atoms with van der Waals surface area (Å²) in [5, 5.41) is 2.95. The number of anilines is 3. The SMILES string of the molecule is CCN(CC)c1ccc(NC(=O)c2cnc(N(CC)CC)nc2)c(C)c1. The lowest BCUT2D eigenvalue weighted by molar-refractivity contribution is 0.102. The Morgan fingerprint density at radius 1 is 0.962 bits per heavy atom. The molecule has 1 aromatic heterocycles. The summed E-state index contributed by atoms with van der Waals surface area (Å²) in [6.07, 6.45) is 3.16. The van der Waals surface area contributed by atoms with E-state index in [4.69, 9.17) is 0 Å². The van der Waals surface area contributed by atoms with Crippen molar-refractivity contribution < 1.29 is 4.79 Å². The van der Waals surface area contributed by atoms with Crippen LogP contribution < -0.4 is 15.1 Å². The highest BCUT2D eigenvalue weighted by atomic mass is 16.1. The minimum absolute atomic E-state index is 0.199. The molecule has 0 aliphatic heterocycles. The van der Waals surface area contributed by atoms with Gasteiger partial charge in [-0.2, -0.15) is 0 Å². The van der Waals surface area contributed by atoms with Crippen LogP contribution in [0.5, 0.6) is 0 Å². The smallest absolute Gasteiger partial charge is 0.258 e. The number of nitrogens with one attached hydrogen (secondary N) is 1. The fraction of sp³-hybridized carbons (Fsp3) is 0.450. The molecule has 0 spiro atoms. The van der Waals surface area contributed by atoms with Crippen LogP contribution in [0.15, 0.2) is 30.6 Å². The van der Waals surface area contributed by atoms with E-state index >= 15 is 0 Å². The molecule has 1 N–H and O–H groups in total. The van der Waals surface area contributed by atoms with Crippen LogP contribution in [0.25, 0.3) is 0 Å². The first-order valence-electron chi connectivity index (χ1n) is 9.27. The zero-order valence-electron chi connectivity index (χ0n) is 16.4. The first-order chi connectivity index (χ1) is 12.5.